The second-order valence-electron chi connectivity index (χ2n) is 8.09. The van der Waals surface area contributed by atoms with Gasteiger partial charge >= 0.3 is 0 Å². The number of hydrogen-bond donors (Lipinski definition) is 2. The van der Waals surface area contributed by atoms with Gasteiger partial charge in [0.25, 0.3) is 0 Å². The van der Waals surface area contributed by atoms with Crippen molar-refractivity contribution in [1.82, 2.24) is 0 Å². The number of nitrogens with one attached hydrogen (secondary N) is 1. The lowest BCUT2D eigenvalue weighted by atomic mass is 9.87. The minimum atomic E-state index is -0.577. The molecule has 27 heavy (non-hydrogen) atoms. The average molecular weight is 384 g/mol. The highest BCUT2D eigenvalue weighted by Crippen LogP contribution is 2.43. The van der Waals surface area contributed by atoms with Crippen molar-refractivity contribution in [3.8, 4) is 11.5 Å². The van der Waals surface area contributed by atoms with E-state index in [2.05, 4.69) is 45.1 Å². The van der Waals surface area contributed by atoms with Crippen LogP contribution in [0.15, 0.2) is 12.1 Å². The number of benzene rings is 2. The summed E-state index contributed by atoms with van der Waals surface area (Å²) in [4.78, 5) is 0.700. The van der Waals surface area contributed by atoms with Crippen LogP contribution in [0.5, 0.6) is 11.5 Å². The van der Waals surface area contributed by atoms with E-state index in [1.165, 1.54) is 16.7 Å². The summed E-state index contributed by atoms with van der Waals surface area (Å²) >= 11 is 5.80. The van der Waals surface area contributed by atoms with E-state index in [0.717, 1.165) is 46.5 Å². The van der Waals surface area contributed by atoms with Crippen molar-refractivity contribution in [3.05, 3.63) is 51.1 Å². The predicted octanol–water partition coefficient (Wildman–Crippen LogP) is 5.77. The van der Waals surface area contributed by atoms with Crippen LogP contribution >= 0.6 is 12.2 Å². The molecule has 1 aliphatic heterocycles. The monoisotopic (exact) mass is 383 g/mol. The SMILES string of the molecule is Cc1cc(C)c(NC(=S)C2(C)CCc3c(C)c(O)c(C)c(C)c3O2)c(C)c1. The number of phenolic OH excluding ortho intramolecular Hbond substituents is 1. The summed E-state index contributed by atoms with van der Waals surface area (Å²) in [6.07, 6.45) is 1.61. The molecule has 2 N–H and O–H groups in total. The van der Waals surface area contributed by atoms with Crippen molar-refractivity contribution >= 4 is 22.9 Å². The van der Waals surface area contributed by atoms with Gasteiger partial charge in [0.2, 0.25) is 0 Å². The molecule has 0 aliphatic carbocycles. The van der Waals surface area contributed by atoms with Crippen molar-refractivity contribution in [1.29, 1.82) is 0 Å². The first-order valence-corrected chi connectivity index (χ1v) is 9.86. The molecule has 3 nitrogen and oxygen atoms in total. The van der Waals surface area contributed by atoms with E-state index in [-0.39, 0.29) is 0 Å². The van der Waals surface area contributed by atoms with Crippen LogP contribution < -0.4 is 10.1 Å². The quantitative estimate of drug-likeness (QED) is 0.646. The fraction of sp³-hybridized carbons (Fsp3) is 0.435. The number of hydrogen-bond acceptors (Lipinski definition) is 3. The maximum absolute atomic E-state index is 10.4. The summed E-state index contributed by atoms with van der Waals surface area (Å²) < 4.78 is 6.49. The molecule has 0 amide bonds. The Morgan fingerprint density at radius 3 is 2.22 bits per heavy atom. The van der Waals surface area contributed by atoms with E-state index >= 15 is 0 Å². The summed E-state index contributed by atoms with van der Waals surface area (Å²) in [5.74, 6) is 1.25. The maximum Gasteiger partial charge on any atom is 0.156 e. The Kier molecular flexibility index (Phi) is 4.98. The zero-order valence-electron chi connectivity index (χ0n) is 17.3. The molecule has 0 aromatic heterocycles. The molecule has 144 valence electrons. The number of thiocarbonyl (C=S) groups is 1. The van der Waals surface area contributed by atoms with Crippen LogP contribution in [0.2, 0.25) is 0 Å². The number of anilines is 1. The van der Waals surface area contributed by atoms with E-state index in [4.69, 9.17) is 17.0 Å². The second-order valence-corrected chi connectivity index (χ2v) is 8.50. The van der Waals surface area contributed by atoms with Crippen LogP contribution in [0.25, 0.3) is 0 Å². The van der Waals surface area contributed by atoms with Gasteiger partial charge in [-0.1, -0.05) is 29.9 Å². The number of rotatable bonds is 2. The Labute approximate surface area is 167 Å². The summed E-state index contributed by atoms with van der Waals surface area (Å²) in [7, 11) is 0. The zero-order chi connectivity index (χ0) is 20.1. The van der Waals surface area contributed by atoms with Crippen molar-refractivity contribution in [2.45, 2.75) is 66.9 Å². The van der Waals surface area contributed by atoms with Crippen LogP contribution in [0.1, 0.15) is 52.3 Å². The third-order valence-corrected chi connectivity index (χ3v) is 6.45. The second kappa shape index (κ2) is 6.83. The summed E-state index contributed by atoms with van der Waals surface area (Å²) in [6.45, 7) is 14.3. The highest BCUT2D eigenvalue weighted by Gasteiger charge is 2.38. The standard InChI is InChI=1S/C23H29NO2S/c1-12-10-13(2)19(14(3)11-12)24-22(27)23(7)9-8-18-17(6)20(25)15(4)16(5)21(18)26-23/h10-11,25H,8-9H2,1-7H3,(H,24,27). The Hall–Kier alpha value is -2.07. The predicted molar refractivity (Wildman–Crippen MR) is 117 cm³/mol. The molecule has 0 bridgehead atoms. The van der Waals surface area contributed by atoms with Crippen molar-refractivity contribution in [3.63, 3.8) is 0 Å². The van der Waals surface area contributed by atoms with Crippen molar-refractivity contribution < 1.29 is 9.84 Å². The van der Waals surface area contributed by atoms with Gasteiger partial charge in [-0.05, 0) is 89.1 Å². The number of ether oxygens (including phenoxy) is 1. The van der Waals surface area contributed by atoms with Gasteiger partial charge < -0.3 is 15.2 Å². The number of aromatic hydroxyl groups is 1. The van der Waals surface area contributed by atoms with Gasteiger partial charge in [0.05, 0.1) is 0 Å². The van der Waals surface area contributed by atoms with E-state index < -0.39 is 5.60 Å². The van der Waals surface area contributed by atoms with Crippen molar-refractivity contribution in [2.24, 2.45) is 0 Å². The van der Waals surface area contributed by atoms with Gasteiger partial charge in [-0.2, -0.15) is 0 Å². The fourth-order valence-corrected chi connectivity index (χ4v) is 4.28. The highest BCUT2D eigenvalue weighted by molar-refractivity contribution is 7.80. The first kappa shape index (κ1) is 19.7. The Bertz CT molecular complexity index is 925. The molecule has 0 fully saturated rings. The maximum atomic E-state index is 10.4. The highest BCUT2D eigenvalue weighted by atomic mass is 32.1. The molecule has 1 heterocycles. The molecule has 0 saturated heterocycles. The molecule has 4 heteroatoms. The lowest BCUT2D eigenvalue weighted by Gasteiger charge is -2.38. The Morgan fingerprint density at radius 2 is 1.63 bits per heavy atom. The van der Waals surface area contributed by atoms with Gasteiger partial charge in [0.1, 0.15) is 16.5 Å². The molecule has 1 atom stereocenters. The first-order valence-electron chi connectivity index (χ1n) is 9.45. The van der Waals surface area contributed by atoms with Crippen LogP contribution in [-0.2, 0) is 6.42 Å². The van der Waals surface area contributed by atoms with Gasteiger partial charge in [0, 0.05) is 11.3 Å². The van der Waals surface area contributed by atoms with Crippen molar-refractivity contribution in [2.75, 3.05) is 5.32 Å². The summed E-state index contributed by atoms with van der Waals surface area (Å²) in [6, 6.07) is 4.33. The van der Waals surface area contributed by atoms with Crippen LogP contribution in [0, 0.1) is 41.5 Å². The van der Waals surface area contributed by atoms with Gasteiger partial charge in [-0.25, -0.2) is 0 Å². The fourth-order valence-electron chi connectivity index (χ4n) is 4.03. The van der Waals surface area contributed by atoms with Gasteiger partial charge in [0.15, 0.2) is 5.60 Å². The van der Waals surface area contributed by atoms with Crippen LogP contribution in [0.4, 0.5) is 5.69 Å². The van der Waals surface area contributed by atoms with E-state index in [1.54, 1.807) is 0 Å². The molecule has 1 aliphatic rings. The van der Waals surface area contributed by atoms with Gasteiger partial charge in [-0.15, -0.1) is 0 Å². The Balaban J connectivity index is 1.94. The number of aryl methyl sites for hydroxylation is 3. The topological polar surface area (TPSA) is 41.5 Å². The largest absolute Gasteiger partial charge is 0.507 e. The van der Waals surface area contributed by atoms with Crippen LogP contribution in [-0.4, -0.2) is 15.7 Å². The lowest BCUT2D eigenvalue weighted by Crippen LogP contribution is -2.47. The normalized spacial score (nSPS) is 18.6. The number of phenols is 1. The molecule has 2 aromatic rings. The van der Waals surface area contributed by atoms with Gasteiger partial charge in [-0.3, -0.25) is 0 Å². The summed E-state index contributed by atoms with van der Waals surface area (Å²) in [5, 5.41) is 13.8. The third kappa shape index (κ3) is 3.31. The molecule has 0 spiro atoms. The molecule has 3 rings (SSSR count). The van der Waals surface area contributed by atoms with Crippen LogP contribution in [0.3, 0.4) is 0 Å². The first-order chi connectivity index (χ1) is 12.5. The molecular weight excluding hydrogens is 354 g/mol. The third-order valence-electron chi connectivity index (χ3n) is 5.92. The molecule has 0 radical (unpaired) electrons. The summed E-state index contributed by atoms with van der Waals surface area (Å²) in [5.41, 5.74) is 7.98. The molecule has 0 saturated carbocycles. The van der Waals surface area contributed by atoms with E-state index in [1.807, 2.05) is 20.8 Å². The smallest absolute Gasteiger partial charge is 0.156 e. The lowest BCUT2D eigenvalue weighted by molar-refractivity contribution is 0.134. The molecule has 1 unspecified atom stereocenters. The Morgan fingerprint density at radius 1 is 1.04 bits per heavy atom. The van der Waals surface area contributed by atoms with E-state index in [0.29, 0.717) is 10.7 Å². The zero-order valence-corrected chi connectivity index (χ0v) is 18.1. The minimum Gasteiger partial charge on any atom is -0.507 e. The molecular formula is C23H29NO2S. The van der Waals surface area contributed by atoms with E-state index in [9.17, 15) is 5.11 Å². The minimum absolute atomic E-state index is 0.380. The molecule has 2 aromatic carbocycles. The average Bonchev–Trinajstić information content (AvgIpc) is 2.60. The number of fused-ring (bicyclic) bond motifs is 1.